The van der Waals surface area contributed by atoms with Gasteiger partial charge >= 0.3 is 0 Å². The van der Waals surface area contributed by atoms with E-state index in [1.807, 2.05) is 6.92 Å². The third-order valence-corrected chi connectivity index (χ3v) is 3.57. The lowest BCUT2D eigenvalue weighted by atomic mass is 10.2. The molecular weight excluding hydrogens is 288 g/mol. The van der Waals surface area contributed by atoms with Crippen molar-refractivity contribution in [2.24, 2.45) is 5.73 Å². The van der Waals surface area contributed by atoms with E-state index >= 15 is 0 Å². The van der Waals surface area contributed by atoms with E-state index in [-0.39, 0.29) is 11.8 Å². The van der Waals surface area contributed by atoms with Crippen LogP contribution in [-0.2, 0) is 6.54 Å². The molecule has 1 aromatic carbocycles. The van der Waals surface area contributed by atoms with Crippen LogP contribution in [0, 0.1) is 0 Å². The van der Waals surface area contributed by atoms with Crippen molar-refractivity contribution in [2.45, 2.75) is 13.5 Å². The topological polar surface area (TPSA) is 97.1 Å². The Hall–Kier alpha value is -2.25. The number of carbonyl (C=O) groups excluding carboxylic acids is 2. The van der Waals surface area contributed by atoms with Gasteiger partial charge in [0.15, 0.2) is 0 Å². The van der Waals surface area contributed by atoms with Crippen molar-refractivity contribution in [1.82, 2.24) is 10.3 Å². The lowest BCUT2D eigenvalue weighted by Gasteiger charge is -2.05. The number of aromatic nitrogens is 1. The van der Waals surface area contributed by atoms with E-state index in [0.717, 1.165) is 0 Å². The second-order valence-corrected chi connectivity index (χ2v) is 5.16. The normalized spacial score (nSPS) is 10.2. The van der Waals surface area contributed by atoms with Crippen LogP contribution in [0.15, 0.2) is 29.6 Å². The Balaban J connectivity index is 2.02. The van der Waals surface area contributed by atoms with Crippen molar-refractivity contribution in [3.05, 3.63) is 45.9 Å². The molecular formula is C14H16N4O2S. The van der Waals surface area contributed by atoms with Crippen LogP contribution in [0.1, 0.15) is 32.8 Å². The maximum Gasteiger partial charge on any atom is 0.275 e. The number of benzene rings is 1. The first-order chi connectivity index (χ1) is 10.1. The highest BCUT2D eigenvalue weighted by atomic mass is 32.1. The van der Waals surface area contributed by atoms with Gasteiger partial charge in [-0.25, -0.2) is 4.98 Å². The number of hydrogen-bond donors (Lipinski definition) is 3. The number of anilines is 1. The van der Waals surface area contributed by atoms with Crippen LogP contribution in [-0.4, -0.2) is 23.3 Å². The monoisotopic (exact) mass is 304 g/mol. The number of nitrogens with two attached hydrogens (primary N) is 1. The Labute approximate surface area is 126 Å². The summed E-state index contributed by atoms with van der Waals surface area (Å²) in [6.45, 7) is 2.75. The van der Waals surface area contributed by atoms with E-state index in [2.05, 4.69) is 15.6 Å². The van der Waals surface area contributed by atoms with Crippen LogP contribution in [0.4, 0.5) is 5.69 Å². The van der Waals surface area contributed by atoms with Gasteiger partial charge in [0.2, 0.25) is 0 Å². The second-order valence-electron chi connectivity index (χ2n) is 4.22. The molecule has 7 heteroatoms. The molecule has 2 amide bonds. The molecule has 2 rings (SSSR count). The first-order valence-corrected chi connectivity index (χ1v) is 7.36. The Morgan fingerprint density at radius 2 is 1.95 bits per heavy atom. The summed E-state index contributed by atoms with van der Waals surface area (Å²) in [6.07, 6.45) is 0. The molecule has 0 aliphatic carbocycles. The highest BCUT2D eigenvalue weighted by molar-refractivity contribution is 7.09. The predicted octanol–water partition coefficient (Wildman–Crippen LogP) is 1.60. The van der Waals surface area contributed by atoms with Crippen molar-refractivity contribution >= 4 is 28.8 Å². The summed E-state index contributed by atoms with van der Waals surface area (Å²) in [5, 5.41) is 7.82. The van der Waals surface area contributed by atoms with E-state index in [1.54, 1.807) is 29.6 Å². The molecule has 4 N–H and O–H groups in total. The molecule has 0 atom stereocenters. The first kappa shape index (κ1) is 15.1. The summed E-state index contributed by atoms with van der Waals surface area (Å²) in [5.74, 6) is -0.431. The lowest BCUT2D eigenvalue weighted by molar-refractivity contribution is 0.0955. The van der Waals surface area contributed by atoms with Crippen LogP contribution in [0.5, 0.6) is 0 Å². The molecule has 2 aromatic rings. The van der Waals surface area contributed by atoms with Gasteiger partial charge in [-0.1, -0.05) is 0 Å². The van der Waals surface area contributed by atoms with Gasteiger partial charge < -0.3 is 16.4 Å². The average molecular weight is 304 g/mol. The summed E-state index contributed by atoms with van der Waals surface area (Å²) >= 11 is 1.35. The van der Waals surface area contributed by atoms with Crippen molar-refractivity contribution in [3.8, 4) is 0 Å². The molecule has 0 bridgehead atoms. The first-order valence-electron chi connectivity index (χ1n) is 6.48. The maximum atomic E-state index is 12.0. The molecule has 0 aliphatic heterocycles. The summed E-state index contributed by atoms with van der Waals surface area (Å²) < 4.78 is 0. The molecule has 110 valence electrons. The molecule has 1 heterocycles. The largest absolute Gasteiger partial charge is 0.352 e. The van der Waals surface area contributed by atoms with Gasteiger partial charge in [-0.15, -0.1) is 11.3 Å². The van der Waals surface area contributed by atoms with Crippen LogP contribution in [0.25, 0.3) is 0 Å². The van der Waals surface area contributed by atoms with Gasteiger partial charge in [-0.05, 0) is 31.2 Å². The Kier molecular flexibility index (Phi) is 5.02. The van der Waals surface area contributed by atoms with Gasteiger partial charge in [-0.3, -0.25) is 9.59 Å². The maximum absolute atomic E-state index is 12.0. The number of hydrogen-bond acceptors (Lipinski definition) is 5. The zero-order valence-electron chi connectivity index (χ0n) is 11.6. The number of nitrogens with one attached hydrogen (secondary N) is 2. The van der Waals surface area contributed by atoms with Crippen molar-refractivity contribution in [3.63, 3.8) is 0 Å². The molecule has 0 spiro atoms. The van der Waals surface area contributed by atoms with Gasteiger partial charge in [0, 0.05) is 29.7 Å². The fourth-order valence-corrected chi connectivity index (χ4v) is 2.33. The van der Waals surface area contributed by atoms with Crippen LogP contribution in [0.3, 0.4) is 0 Å². The van der Waals surface area contributed by atoms with Crippen LogP contribution >= 0.6 is 11.3 Å². The molecule has 6 nitrogen and oxygen atoms in total. The van der Waals surface area contributed by atoms with Crippen molar-refractivity contribution in [2.75, 3.05) is 11.9 Å². The zero-order chi connectivity index (χ0) is 15.2. The highest BCUT2D eigenvalue weighted by Crippen LogP contribution is 2.13. The SMILES string of the molecule is CCNC(=O)c1ccc(NC(=O)c2csc(CN)n2)cc1. The Morgan fingerprint density at radius 1 is 1.24 bits per heavy atom. The fraction of sp³-hybridized carbons (Fsp3) is 0.214. The third-order valence-electron chi connectivity index (χ3n) is 2.70. The Bertz CT molecular complexity index is 637. The second kappa shape index (κ2) is 6.96. The van der Waals surface area contributed by atoms with E-state index in [0.29, 0.717) is 35.0 Å². The number of rotatable bonds is 5. The van der Waals surface area contributed by atoms with Crippen molar-refractivity contribution < 1.29 is 9.59 Å². The Morgan fingerprint density at radius 3 is 2.52 bits per heavy atom. The van der Waals surface area contributed by atoms with Crippen LogP contribution in [0.2, 0.25) is 0 Å². The number of thiazole rings is 1. The minimum absolute atomic E-state index is 0.137. The highest BCUT2D eigenvalue weighted by Gasteiger charge is 2.11. The third kappa shape index (κ3) is 3.87. The predicted molar refractivity (Wildman–Crippen MR) is 82.4 cm³/mol. The number of amides is 2. The smallest absolute Gasteiger partial charge is 0.275 e. The summed E-state index contributed by atoms with van der Waals surface area (Å²) in [5.41, 5.74) is 6.96. The minimum Gasteiger partial charge on any atom is -0.352 e. The minimum atomic E-state index is -0.295. The van der Waals surface area contributed by atoms with Gasteiger partial charge in [0.05, 0.1) is 0 Å². The summed E-state index contributed by atoms with van der Waals surface area (Å²) in [7, 11) is 0. The van der Waals surface area contributed by atoms with Gasteiger partial charge in [0.1, 0.15) is 10.7 Å². The van der Waals surface area contributed by atoms with E-state index in [1.165, 1.54) is 11.3 Å². The molecule has 21 heavy (non-hydrogen) atoms. The molecule has 0 fully saturated rings. The van der Waals surface area contributed by atoms with Crippen molar-refractivity contribution in [1.29, 1.82) is 0 Å². The standard InChI is InChI=1S/C14H16N4O2S/c1-2-16-13(19)9-3-5-10(6-4-9)17-14(20)11-8-21-12(7-15)18-11/h3-6,8H,2,7,15H2,1H3,(H,16,19)(H,17,20). The molecule has 0 aliphatic rings. The molecule has 0 unspecified atom stereocenters. The van der Waals surface area contributed by atoms with Gasteiger partial charge in [-0.2, -0.15) is 0 Å². The quantitative estimate of drug-likeness (QED) is 0.781. The van der Waals surface area contributed by atoms with Crippen LogP contribution < -0.4 is 16.4 Å². The number of carbonyl (C=O) groups is 2. The van der Waals surface area contributed by atoms with Gasteiger partial charge in [0.25, 0.3) is 11.8 Å². The molecule has 0 radical (unpaired) electrons. The zero-order valence-corrected chi connectivity index (χ0v) is 12.4. The summed E-state index contributed by atoms with van der Waals surface area (Å²) in [6, 6.07) is 6.68. The van der Waals surface area contributed by atoms with E-state index in [4.69, 9.17) is 5.73 Å². The average Bonchev–Trinajstić information content (AvgIpc) is 2.97. The lowest BCUT2D eigenvalue weighted by Crippen LogP contribution is -2.22. The molecule has 1 aromatic heterocycles. The fourth-order valence-electron chi connectivity index (χ4n) is 1.67. The summed E-state index contributed by atoms with van der Waals surface area (Å²) in [4.78, 5) is 27.7. The van der Waals surface area contributed by atoms with E-state index in [9.17, 15) is 9.59 Å². The number of nitrogens with zero attached hydrogens (tertiary/aromatic N) is 1. The molecule has 0 saturated carbocycles. The van der Waals surface area contributed by atoms with E-state index < -0.39 is 0 Å². The molecule has 0 saturated heterocycles.